The molecule has 9 heteroatoms. The topological polar surface area (TPSA) is 103 Å². The molecule has 180 valence electrons. The number of rotatable bonds is 6. The molecule has 0 aliphatic heterocycles. The highest BCUT2D eigenvalue weighted by Gasteiger charge is 2.19. The van der Waals surface area contributed by atoms with Crippen LogP contribution in [-0.2, 0) is 17.8 Å². The Morgan fingerprint density at radius 3 is 2.67 bits per heavy atom. The molecule has 5 aromatic rings. The highest BCUT2D eigenvalue weighted by atomic mass is 19.1. The number of fused-ring (bicyclic) bond motifs is 1. The Labute approximate surface area is 205 Å². The highest BCUT2D eigenvalue weighted by molar-refractivity contribution is 5.92. The van der Waals surface area contributed by atoms with E-state index in [4.69, 9.17) is 4.52 Å². The van der Waals surface area contributed by atoms with Gasteiger partial charge in [0.1, 0.15) is 23.6 Å². The number of nitrogens with zero attached hydrogens (tertiary/aromatic N) is 4. The van der Waals surface area contributed by atoms with Crippen molar-refractivity contribution < 1.29 is 13.7 Å². The van der Waals surface area contributed by atoms with Gasteiger partial charge in [0.05, 0.1) is 5.39 Å². The third-order valence-corrected chi connectivity index (χ3v) is 5.75. The van der Waals surface area contributed by atoms with Crippen molar-refractivity contribution in [2.45, 2.75) is 26.8 Å². The van der Waals surface area contributed by atoms with Crippen molar-refractivity contribution in [2.24, 2.45) is 0 Å². The minimum absolute atomic E-state index is 0.00777. The molecule has 2 aromatic carbocycles. The molecular weight excluding hydrogens is 461 g/mol. The second-order valence-corrected chi connectivity index (χ2v) is 8.36. The Hall–Kier alpha value is -4.66. The van der Waals surface area contributed by atoms with Gasteiger partial charge in [0, 0.05) is 23.1 Å². The molecule has 0 saturated heterocycles. The van der Waals surface area contributed by atoms with Gasteiger partial charge in [0.25, 0.3) is 5.89 Å². The van der Waals surface area contributed by atoms with Crippen LogP contribution in [0.25, 0.3) is 33.9 Å². The number of carbonyl (C=O) groups excluding carboxylic acids is 1. The number of nitrogens with one attached hydrogen (secondary N) is 1. The zero-order chi connectivity index (χ0) is 25.2. The average Bonchev–Trinajstić information content (AvgIpc) is 3.36. The Balaban J connectivity index is 1.53. The van der Waals surface area contributed by atoms with E-state index in [9.17, 15) is 14.0 Å². The molecule has 0 fully saturated rings. The van der Waals surface area contributed by atoms with Crippen LogP contribution in [0.5, 0.6) is 0 Å². The smallest absolute Gasteiger partial charge is 0.263 e. The first-order chi connectivity index (χ1) is 17.4. The van der Waals surface area contributed by atoms with Gasteiger partial charge in [-0.05, 0) is 67.4 Å². The molecule has 0 bridgehead atoms. The Bertz CT molecular complexity index is 1640. The van der Waals surface area contributed by atoms with Gasteiger partial charge in [-0.15, -0.1) is 0 Å². The van der Waals surface area contributed by atoms with Crippen molar-refractivity contribution in [2.75, 3.05) is 5.32 Å². The largest absolute Gasteiger partial charge is 0.333 e. The average molecular weight is 484 g/mol. The summed E-state index contributed by atoms with van der Waals surface area (Å²) in [4.78, 5) is 35.1. The summed E-state index contributed by atoms with van der Waals surface area (Å²) in [6.45, 7) is 3.77. The summed E-state index contributed by atoms with van der Waals surface area (Å²) in [6, 6.07) is 16.6. The summed E-state index contributed by atoms with van der Waals surface area (Å²) in [5.41, 5.74) is 3.20. The van der Waals surface area contributed by atoms with Gasteiger partial charge in [-0.25, -0.2) is 9.37 Å². The first kappa shape index (κ1) is 23.1. The van der Waals surface area contributed by atoms with E-state index in [1.54, 1.807) is 16.7 Å². The Kier molecular flexibility index (Phi) is 6.12. The van der Waals surface area contributed by atoms with E-state index in [1.807, 2.05) is 38.1 Å². The summed E-state index contributed by atoms with van der Waals surface area (Å²) in [7, 11) is 0. The van der Waals surface area contributed by atoms with Gasteiger partial charge in [-0.2, -0.15) is 4.98 Å². The molecule has 36 heavy (non-hydrogen) atoms. The standard InChI is InChI=1S/C27H22FN5O3/c1-3-17-5-4-6-20(13-17)30-23(34)15-33-14-22(24(35)21-12-7-16(2)29-26(21)33)27-31-25(32-36-27)18-8-10-19(28)11-9-18/h4-14H,3,15H2,1-2H3,(H,30,34). The van der Waals surface area contributed by atoms with E-state index in [1.165, 1.54) is 30.5 Å². The van der Waals surface area contributed by atoms with Crippen molar-refractivity contribution in [3.8, 4) is 22.8 Å². The Morgan fingerprint density at radius 1 is 1.08 bits per heavy atom. The van der Waals surface area contributed by atoms with Gasteiger partial charge in [0.15, 0.2) is 0 Å². The lowest BCUT2D eigenvalue weighted by molar-refractivity contribution is -0.116. The van der Waals surface area contributed by atoms with Crippen LogP contribution in [0.4, 0.5) is 10.1 Å². The lowest BCUT2D eigenvalue weighted by atomic mass is 10.1. The molecular formula is C27H22FN5O3. The van der Waals surface area contributed by atoms with Gasteiger partial charge in [0.2, 0.25) is 17.2 Å². The third-order valence-electron chi connectivity index (χ3n) is 5.75. The number of hydrogen-bond acceptors (Lipinski definition) is 6. The second kappa shape index (κ2) is 9.53. The molecule has 0 spiro atoms. The van der Waals surface area contributed by atoms with Crippen molar-refractivity contribution in [1.29, 1.82) is 0 Å². The fourth-order valence-electron chi connectivity index (χ4n) is 3.91. The molecule has 3 aromatic heterocycles. The number of halogens is 1. The fourth-order valence-corrected chi connectivity index (χ4v) is 3.91. The normalized spacial score (nSPS) is 11.1. The maximum Gasteiger partial charge on any atom is 0.263 e. The molecule has 0 unspecified atom stereocenters. The summed E-state index contributed by atoms with van der Waals surface area (Å²) < 4.78 is 20.3. The van der Waals surface area contributed by atoms with Gasteiger partial charge in [-0.3, -0.25) is 9.59 Å². The van der Waals surface area contributed by atoms with Crippen molar-refractivity contribution in [3.63, 3.8) is 0 Å². The van der Waals surface area contributed by atoms with Crippen molar-refractivity contribution in [3.05, 3.63) is 94.2 Å². The number of hydrogen-bond donors (Lipinski definition) is 1. The van der Waals surface area contributed by atoms with Crippen LogP contribution < -0.4 is 10.7 Å². The van der Waals surface area contributed by atoms with E-state index in [2.05, 4.69) is 20.4 Å². The minimum Gasteiger partial charge on any atom is -0.333 e. The number of aryl methyl sites for hydroxylation is 2. The first-order valence-corrected chi connectivity index (χ1v) is 11.4. The zero-order valence-corrected chi connectivity index (χ0v) is 19.7. The number of aromatic nitrogens is 4. The van der Waals surface area contributed by atoms with Crippen LogP contribution >= 0.6 is 0 Å². The van der Waals surface area contributed by atoms with Crippen LogP contribution in [0.15, 0.2) is 76.2 Å². The number of carbonyl (C=O) groups is 1. The zero-order valence-electron chi connectivity index (χ0n) is 19.7. The molecule has 0 radical (unpaired) electrons. The predicted octanol–water partition coefficient (Wildman–Crippen LogP) is 4.76. The van der Waals surface area contributed by atoms with Gasteiger partial charge >= 0.3 is 0 Å². The van der Waals surface area contributed by atoms with E-state index in [0.717, 1.165) is 12.0 Å². The number of benzene rings is 2. The van der Waals surface area contributed by atoms with Crippen LogP contribution in [0, 0.1) is 12.7 Å². The maximum absolute atomic E-state index is 13.3. The molecule has 1 amide bonds. The molecule has 0 atom stereocenters. The monoisotopic (exact) mass is 483 g/mol. The lowest BCUT2D eigenvalue weighted by Gasteiger charge is -2.13. The fraction of sp³-hybridized carbons (Fsp3) is 0.148. The molecule has 8 nitrogen and oxygen atoms in total. The van der Waals surface area contributed by atoms with Crippen molar-refractivity contribution in [1.82, 2.24) is 19.7 Å². The highest BCUT2D eigenvalue weighted by Crippen LogP contribution is 2.23. The van der Waals surface area contributed by atoms with Crippen LogP contribution in [0.1, 0.15) is 18.2 Å². The lowest BCUT2D eigenvalue weighted by Crippen LogP contribution is -2.22. The summed E-state index contributed by atoms with van der Waals surface area (Å²) in [6.07, 6.45) is 2.35. The molecule has 0 aliphatic rings. The van der Waals surface area contributed by atoms with E-state index in [-0.39, 0.29) is 41.0 Å². The number of pyridine rings is 2. The molecule has 1 N–H and O–H groups in total. The molecule has 0 saturated carbocycles. The minimum atomic E-state index is -0.387. The molecule has 5 rings (SSSR count). The predicted molar refractivity (Wildman–Crippen MR) is 134 cm³/mol. The quantitative estimate of drug-likeness (QED) is 0.374. The van der Waals surface area contributed by atoms with Crippen molar-refractivity contribution >= 4 is 22.6 Å². The van der Waals surface area contributed by atoms with E-state index in [0.29, 0.717) is 28.0 Å². The van der Waals surface area contributed by atoms with Crippen LogP contribution in [0.3, 0.4) is 0 Å². The van der Waals surface area contributed by atoms with Gasteiger partial charge < -0.3 is 14.4 Å². The summed E-state index contributed by atoms with van der Waals surface area (Å²) in [5.74, 6) is -0.458. The van der Waals surface area contributed by atoms with Gasteiger partial charge in [-0.1, -0.05) is 24.2 Å². The second-order valence-electron chi connectivity index (χ2n) is 8.36. The number of anilines is 1. The maximum atomic E-state index is 13.3. The van der Waals surface area contributed by atoms with E-state index >= 15 is 0 Å². The summed E-state index contributed by atoms with van der Waals surface area (Å²) in [5, 5.41) is 7.16. The Morgan fingerprint density at radius 2 is 1.89 bits per heavy atom. The summed E-state index contributed by atoms with van der Waals surface area (Å²) >= 11 is 0. The molecule has 0 aliphatic carbocycles. The SMILES string of the molecule is CCc1cccc(NC(=O)Cn2cc(-c3nc(-c4ccc(F)cc4)no3)c(=O)c3ccc(C)nc32)c1. The van der Waals surface area contributed by atoms with Crippen LogP contribution in [0.2, 0.25) is 0 Å². The first-order valence-electron chi connectivity index (χ1n) is 11.4. The third kappa shape index (κ3) is 4.63. The van der Waals surface area contributed by atoms with E-state index < -0.39 is 0 Å². The molecule has 3 heterocycles. The van der Waals surface area contributed by atoms with Crippen LogP contribution in [-0.4, -0.2) is 25.6 Å². The number of amides is 1.